The molecule has 0 aliphatic heterocycles. The molecule has 0 saturated carbocycles. The lowest BCUT2D eigenvalue weighted by molar-refractivity contribution is 0.0935. The summed E-state index contributed by atoms with van der Waals surface area (Å²) in [5.41, 5.74) is 0.851. The van der Waals surface area contributed by atoms with Crippen molar-refractivity contribution in [3.05, 3.63) is 52.4 Å². The number of carbonyl (C=O) groups excluding carboxylic acids is 1. The molecule has 20 heavy (non-hydrogen) atoms. The van der Waals surface area contributed by atoms with E-state index >= 15 is 0 Å². The second-order valence-corrected chi connectivity index (χ2v) is 4.08. The van der Waals surface area contributed by atoms with E-state index in [9.17, 15) is 9.59 Å². The van der Waals surface area contributed by atoms with Gasteiger partial charge in [0.1, 0.15) is 5.56 Å². The monoisotopic (exact) mass is 273 g/mol. The van der Waals surface area contributed by atoms with Crippen molar-refractivity contribution < 1.29 is 9.53 Å². The Labute approximate surface area is 115 Å². The molecule has 6 heteroatoms. The Kier molecular flexibility index (Phi) is 4.62. The van der Waals surface area contributed by atoms with Crippen molar-refractivity contribution in [1.82, 2.24) is 15.3 Å². The fourth-order valence-electron chi connectivity index (χ4n) is 1.69. The lowest BCUT2D eigenvalue weighted by Gasteiger charge is -2.05. The summed E-state index contributed by atoms with van der Waals surface area (Å²) >= 11 is 0. The second-order valence-electron chi connectivity index (χ2n) is 4.08. The number of nitrogens with one attached hydrogen (secondary N) is 2. The number of hydrogen-bond acceptors (Lipinski definition) is 4. The average Bonchev–Trinajstić information content (AvgIpc) is 2.48. The van der Waals surface area contributed by atoms with Gasteiger partial charge in [0, 0.05) is 19.9 Å². The van der Waals surface area contributed by atoms with Gasteiger partial charge in [-0.05, 0) is 24.3 Å². The van der Waals surface area contributed by atoms with Gasteiger partial charge in [-0.15, -0.1) is 0 Å². The fourth-order valence-corrected chi connectivity index (χ4v) is 1.69. The summed E-state index contributed by atoms with van der Waals surface area (Å²) in [5.74, 6) is -0.420. The Morgan fingerprint density at radius 2 is 2.20 bits per heavy atom. The molecule has 2 rings (SSSR count). The van der Waals surface area contributed by atoms with Crippen molar-refractivity contribution in [3.63, 3.8) is 0 Å². The predicted octanol–water partition coefficient (Wildman–Crippen LogP) is 0.813. The first kappa shape index (κ1) is 14.0. The van der Waals surface area contributed by atoms with Crippen LogP contribution in [0.25, 0.3) is 11.4 Å². The van der Waals surface area contributed by atoms with Gasteiger partial charge in [-0.1, -0.05) is 6.07 Å². The molecular weight excluding hydrogens is 258 g/mol. The molecule has 0 spiro atoms. The molecule has 104 valence electrons. The maximum atomic E-state index is 11.9. The highest BCUT2D eigenvalue weighted by atomic mass is 16.5. The number of aromatic amines is 1. The lowest BCUT2D eigenvalue weighted by atomic mass is 10.2. The maximum absolute atomic E-state index is 11.9. The van der Waals surface area contributed by atoms with E-state index < -0.39 is 11.5 Å². The van der Waals surface area contributed by atoms with Gasteiger partial charge in [-0.25, -0.2) is 0 Å². The number of methoxy groups -OCH3 is 1. The van der Waals surface area contributed by atoms with E-state index in [0.29, 0.717) is 24.5 Å². The summed E-state index contributed by atoms with van der Waals surface area (Å²) in [6.07, 6.45) is 1.64. The average molecular weight is 273 g/mol. The summed E-state index contributed by atoms with van der Waals surface area (Å²) in [7, 11) is 1.54. The normalized spacial score (nSPS) is 10.2. The van der Waals surface area contributed by atoms with E-state index in [1.165, 1.54) is 6.07 Å². The van der Waals surface area contributed by atoms with Crippen LogP contribution in [-0.2, 0) is 4.74 Å². The van der Waals surface area contributed by atoms with Gasteiger partial charge in [0.05, 0.1) is 18.0 Å². The lowest BCUT2D eigenvalue weighted by Crippen LogP contribution is -2.31. The molecule has 0 radical (unpaired) electrons. The molecule has 2 aromatic rings. The molecule has 0 unspecified atom stereocenters. The Morgan fingerprint density at radius 3 is 2.85 bits per heavy atom. The van der Waals surface area contributed by atoms with Gasteiger partial charge in [0.2, 0.25) is 0 Å². The highest BCUT2D eigenvalue weighted by Gasteiger charge is 2.11. The van der Waals surface area contributed by atoms with E-state index in [0.717, 1.165) is 0 Å². The molecule has 6 nitrogen and oxygen atoms in total. The molecule has 0 aromatic carbocycles. The van der Waals surface area contributed by atoms with Crippen molar-refractivity contribution in [2.24, 2.45) is 0 Å². The first-order valence-corrected chi connectivity index (χ1v) is 6.14. The standard InChI is InChI=1S/C14H15N3O3/c1-20-9-8-16-13(18)10-5-6-12(17-14(10)19)11-4-2-3-7-15-11/h2-7H,8-9H2,1H3,(H,16,18)(H,17,19). The molecule has 0 fully saturated rings. The number of ether oxygens (including phenoxy) is 1. The van der Waals surface area contributed by atoms with Crippen LogP contribution < -0.4 is 10.9 Å². The SMILES string of the molecule is COCCNC(=O)c1ccc(-c2ccccn2)[nH]c1=O. The van der Waals surface area contributed by atoms with Crippen LogP contribution in [0.1, 0.15) is 10.4 Å². The first-order valence-electron chi connectivity index (χ1n) is 6.14. The van der Waals surface area contributed by atoms with E-state index in [4.69, 9.17) is 4.74 Å². The number of rotatable bonds is 5. The van der Waals surface area contributed by atoms with Crippen LogP contribution in [0.3, 0.4) is 0 Å². The topological polar surface area (TPSA) is 84.1 Å². The van der Waals surface area contributed by atoms with Crippen LogP contribution in [0, 0.1) is 0 Å². The van der Waals surface area contributed by atoms with Gasteiger partial charge in [0.15, 0.2) is 0 Å². The largest absolute Gasteiger partial charge is 0.383 e. The molecule has 0 aliphatic carbocycles. The Bertz CT molecular complexity index is 638. The molecule has 1 amide bonds. The molecule has 2 heterocycles. The van der Waals surface area contributed by atoms with Crippen LogP contribution in [0.2, 0.25) is 0 Å². The van der Waals surface area contributed by atoms with E-state index in [1.807, 2.05) is 6.07 Å². The van der Waals surface area contributed by atoms with Gasteiger partial charge in [-0.3, -0.25) is 14.6 Å². The minimum Gasteiger partial charge on any atom is -0.383 e. The Morgan fingerprint density at radius 1 is 1.35 bits per heavy atom. The van der Waals surface area contributed by atoms with E-state index in [1.54, 1.807) is 31.5 Å². The summed E-state index contributed by atoms with van der Waals surface area (Å²) in [6, 6.07) is 8.55. The minimum absolute atomic E-state index is 0.0702. The number of amides is 1. The third-order valence-corrected chi connectivity index (χ3v) is 2.69. The summed E-state index contributed by atoms with van der Waals surface area (Å²) in [4.78, 5) is 30.5. The smallest absolute Gasteiger partial charge is 0.261 e. The molecular formula is C14H15N3O3. The van der Waals surface area contributed by atoms with Crippen molar-refractivity contribution in [3.8, 4) is 11.4 Å². The Balaban J connectivity index is 2.18. The third-order valence-electron chi connectivity index (χ3n) is 2.69. The zero-order valence-electron chi connectivity index (χ0n) is 11.1. The zero-order chi connectivity index (χ0) is 14.4. The van der Waals surface area contributed by atoms with Crippen molar-refractivity contribution in [1.29, 1.82) is 0 Å². The van der Waals surface area contributed by atoms with Crippen molar-refractivity contribution in [2.45, 2.75) is 0 Å². The van der Waals surface area contributed by atoms with Crippen LogP contribution in [0.15, 0.2) is 41.3 Å². The summed E-state index contributed by atoms with van der Waals surface area (Å²) in [5, 5.41) is 2.60. The second kappa shape index (κ2) is 6.63. The number of pyridine rings is 2. The van der Waals surface area contributed by atoms with Crippen LogP contribution in [-0.4, -0.2) is 36.1 Å². The fraction of sp³-hybridized carbons (Fsp3) is 0.214. The van der Waals surface area contributed by atoms with Crippen LogP contribution >= 0.6 is 0 Å². The number of aromatic nitrogens is 2. The van der Waals surface area contributed by atoms with Crippen molar-refractivity contribution >= 4 is 5.91 Å². The number of carbonyl (C=O) groups is 1. The molecule has 2 N–H and O–H groups in total. The Hall–Kier alpha value is -2.47. The summed E-state index contributed by atoms with van der Waals surface area (Å²) in [6.45, 7) is 0.756. The van der Waals surface area contributed by atoms with Crippen LogP contribution in [0.4, 0.5) is 0 Å². The molecule has 0 bridgehead atoms. The number of hydrogen-bond donors (Lipinski definition) is 2. The predicted molar refractivity (Wildman–Crippen MR) is 74.5 cm³/mol. The zero-order valence-corrected chi connectivity index (χ0v) is 11.1. The van der Waals surface area contributed by atoms with E-state index in [-0.39, 0.29) is 5.56 Å². The van der Waals surface area contributed by atoms with Crippen LogP contribution in [0.5, 0.6) is 0 Å². The minimum atomic E-state index is -0.442. The number of H-pyrrole nitrogens is 1. The summed E-state index contributed by atoms with van der Waals surface area (Å²) < 4.78 is 4.83. The van der Waals surface area contributed by atoms with Gasteiger partial charge in [-0.2, -0.15) is 0 Å². The first-order chi connectivity index (χ1) is 9.72. The van der Waals surface area contributed by atoms with Gasteiger partial charge < -0.3 is 15.0 Å². The van der Waals surface area contributed by atoms with Gasteiger partial charge >= 0.3 is 0 Å². The molecule has 0 saturated heterocycles. The molecule has 0 atom stereocenters. The highest BCUT2D eigenvalue weighted by molar-refractivity contribution is 5.94. The van der Waals surface area contributed by atoms with E-state index in [2.05, 4.69) is 15.3 Å². The quantitative estimate of drug-likeness (QED) is 0.790. The molecule has 2 aromatic heterocycles. The maximum Gasteiger partial charge on any atom is 0.261 e. The van der Waals surface area contributed by atoms with Crippen molar-refractivity contribution in [2.75, 3.05) is 20.3 Å². The number of nitrogens with zero attached hydrogens (tertiary/aromatic N) is 1. The molecule has 0 aliphatic rings. The van der Waals surface area contributed by atoms with Gasteiger partial charge in [0.25, 0.3) is 11.5 Å². The highest BCUT2D eigenvalue weighted by Crippen LogP contribution is 2.11. The third kappa shape index (κ3) is 3.30.